The van der Waals surface area contributed by atoms with Crippen LogP contribution in [0.4, 0.5) is 11.4 Å². The summed E-state index contributed by atoms with van der Waals surface area (Å²) in [7, 11) is 1.69. The van der Waals surface area contributed by atoms with Crippen LogP contribution < -0.4 is 15.8 Å². The first-order valence-electron chi connectivity index (χ1n) is 5.99. The first-order chi connectivity index (χ1) is 7.79. The average molecular weight is 220 g/mol. The molecule has 3 heteroatoms. The van der Waals surface area contributed by atoms with E-state index in [1.807, 2.05) is 18.2 Å². The molecule has 0 amide bonds. The number of hydrogen-bond acceptors (Lipinski definition) is 3. The second kappa shape index (κ2) is 5.10. The number of anilines is 2. The molecular weight excluding hydrogens is 200 g/mol. The minimum Gasteiger partial charge on any atom is -0.495 e. The van der Waals surface area contributed by atoms with Gasteiger partial charge in [-0.3, -0.25) is 0 Å². The van der Waals surface area contributed by atoms with Gasteiger partial charge in [-0.2, -0.15) is 0 Å². The van der Waals surface area contributed by atoms with Crippen molar-refractivity contribution in [3.63, 3.8) is 0 Å². The molecule has 1 aromatic carbocycles. The summed E-state index contributed by atoms with van der Waals surface area (Å²) < 4.78 is 5.32. The van der Waals surface area contributed by atoms with Crippen LogP contribution in [0.15, 0.2) is 18.2 Å². The zero-order valence-electron chi connectivity index (χ0n) is 9.83. The lowest BCUT2D eigenvalue weighted by molar-refractivity contribution is 0.413. The van der Waals surface area contributed by atoms with Gasteiger partial charge in [-0.1, -0.05) is 19.3 Å². The molecule has 1 aliphatic carbocycles. The fourth-order valence-electron chi connectivity index (χ4n) is 2.31. The summed E-state index contributed by atoms with van der Waals surface area (Å²) in [5.41, 5.74) is 7.59. The lowest BCUT2D eigenvalue weighted by Crippen LogP contribution is -2.22. The molecule has 0 bridgehead atoms. The minimum atomic E-state index is 0.574. The van der Waals surface area contributed by atoms with Crippen molar-refractivity contribution in [1.82, 2.24) is 0 Å². The summed E-state index contributed by atoms with van der Waals surface area (Å²) in [6.45, 7) is 0. The number of nitrogen functional groups attached to an aromatic ring is 1. The van der Waals surface area contributed by atoms with Gasteiger partial charge in [-0.25, -0.2) is 0 Å². The second-order valence-corrected chi connectivity index (χ2v) is 4.44. The van der Waals surface area contributed by atoms with Crippen LogP contribution in [0.1, 0.15) is 32.1 Å². The Bertz CT molecular complexity index is 346. The number of hydrogen-bond donors (Lipinski definition) is 2. The Balaban J connectivity index is 2.09. The molecule has 1 aromatic rings. The van der Waals surface area contributed by atoms with Crippen molar-refractivity contribution >= 4 is 11.4 Å². The zero-order chi connectivity index (χ0) is 11.4. The quantitative estimate of drug-likeness (QED) is 0.770. The molecule has 88 valence electrons. The molecule has 0 heterocycles. The highest BCUT2D eigenvalue weighted by Gasteiger charge is 2.14. The average Bonchev–Trinajstić information content (AvgIpc) is 2.31. The van der Waals surface area contributed by atoms with Crippen molar-refractivity contribution in [3.05, 3.63) is 18.2 Å². The van der Waals surface area contributed by atoms with E-state index >= 15 is 0 Å². The van der Waals surface area contributed by atoms with Crippen LogP contribution >= 0.6 is 0 Å². The van der Waals surface area contributed by atoms with E-state index in [9.17, 15) is 0 Å². The van der Waals surface area contributed by atoms with Gasteiger partial charge in [0.2, 0.25) is 0 Å². The van der Waals surface area contributed by atoms with E-state index in [1.165, 1.54) is 32.1 Å². The van der Waals surface area contributed by atoms with E-state index in [-0.39, 0.29) is 0 Å². The molecule has 0 aliphatic heterocycles. The van der Waals surface area contributed by atoms with Gasteiger partial charge in [0.05, 0.1) is 12.8 Å². The Labute approximate surface area is 97.0 Å². The number of benzene rings is 1. The third-order valence-corrected chi connectivity index (χ3v) is 3.19. The van der Waals surface area contributed by atoms with E-state index < -0.39 is 0 Å². The van der Waals surface area contributed by atoms with Crippen LogP contribution in [0, 0.1) is 0 Å². The lowest BCUT2D eigenvalue weighted by Gasteiger charge is -2.24. The van der Waals surface area contributed by atoms with E-state index in [2.05, 4.69) is 5.32 Å². The van der Waals surface area contributed by atoms with Crippen molar-refractivity contribution in [2.45, 2.75) is 38.1 Å². The SMILES string of the molecule is COc1ccc(N)cc1NC1CCCCC1. The highest BCUT2D eigenvalue weighted by Crippen LogP contribution is 2.29. The summed E-state index contributed by atoms with van der Waals surface area (Å²) in [6.07, 6.45) is 6.51. The molecule has 1 fully saturated rings. The molecule has 0 aromatic heterocycles. The smallest absolute Gasteiger partial charge is 0.142 e. The number of rotatable bonds is 3. The molecule has 1 aliphatic rings. The third kappa shape index (κ3) is 2.60. The fourth-order valence-corrected chi connectivity index (χ4v) is 2.31. The molecule has 16 heavy (non-hydrogen) atoms. The van der Waals surface area contributed by atoms with Gasteiger partial charge < -0.3 is 15.8 Å². The molecule has 0 unspecified atom stereocenters. The van der Waals surface area contributed by atoms with Gasteiger partial charge in [-0.15, -0.1) is 0 Å². The predicted octanol–water partition coefficient (Wildman–Crippen LogP) is 3.02. The number of ether oxygens (including phenoxy) is 1. The molecule has 0 radical (unpaired) electrons. The van der Waals surface area contributed by atoms with Gasteiger partial charge in [0, 0.05) is 11.7 Å². The Morgan fingerprint density at radius 3 is 2.69 bits per heavy atom. The summed E-state index contributed by atoms with van der Waals surface area (Å²) in [4.78, 5) is 0. The Kier molecular flexibility index (Phi) is 3.54. The monoisotopic (exact) mass is 220 g/mol. The summed E-state index contributed by atoms with van der Waals surface area (Å²) >= 11 is 0. The van der Waals surface area contributed by atoms with Crippen molar-refractivity contribution in [3.8, 4) is 5.75 Å². The summed E-state index contributed by atoms with van der Waals surface area (Å²) in [6, 6.07) is 6.31. The molecule has 0 atom stereocenters. The standard InChI is InChI=1S/C13H20N2O/c1-16-13-8-7-10(14)9-12(13)15-11-5-3-2-4-6-11/h7-9,11,15H,2-6,14H2,1H3. The lowest BCUT2D eigenvalue weighted by atomic mass is 9.95. The normalized spacial score (nSPS) is 17.1. The fraction of sp³-hybridized carbons (Fsp3) is 0.538. The molecule has 1 saturated carbocycles. The van der Waals surface area contributed by atoms with Crippen molar-refractivity contribution in [2.75, 3.05) is 18.2 Å². The Morgan fingerprint density at radius 2 is 2.00 bits per heavy atom. The van der Waals surface area contributed by atoms with Crippen LogP contribution in [-0.4, -0.2) is 13.2 Å². The molecule has 3 nitrogen and oxygen atoms in total. The highest BCUT2D eigenvalue weighted by atomic mass is 16.5. The maximum absolute atomic E-state index is 5.79. The van der Waals surface area contributed by atoms with Crippen LogP contribution in [-0.2, 0) is 0 Å². The third-order valence-electron chi connectivity index (χ3n) is 3.19. The largest absolute Gasteiger partial charge is 0.495 e. The van der Waals surface area contributed by atoms with E-state index in [4.69, 9.17) is 10.5 Å². The highest BCUT2D eigenvalue weighted by molar-refractivity contribution is 5.63. The number of nitrogens with two attached hydrogens (primary N) is 1. The topological polar surface area (TPSA) is 47.3 Å². The zero-order valence-corrected chi connectivity index (χ0v) is 9.83. The van der Waals surface area contributed by atoms with Crippen LogP contribution in [0.5, 0.6) is 5.75 Å². The molecule has 0 saturated heterocycles. The molecular formula is C13H20N2O. The van der Waals surface area contributed by atoms with Gasteiger partial charge in [0.1, 0.15) is 5.75 Å². The summed E-state index contributed by atoms with van der Waals surface area (Å²) in [5.74, 6) is 0.875. The minimum absolute atomic E-state index is 0.574. The first kappa shape index (κ1) is 11.1. The maximum atomic E-state index is 5.79. The van der Waals surface area contributed by atoms with Gasteiger partial charge in [0.15, 0.2) is 0 Å². The van der Waals surface area contributed by atoms with Crippen LogP contribution in [0.25, 0.3) is 0 Å². The first-order valence-corrected chi connectivity index (χ1v) is 5.99. The Hall–Kier alpha value is -1.38. The predicted molar refractivity (Wildman–Crippen MR) is 67.9 cm³/mol. The van der Waals surface area contributed by atoms with E-state index in [0.717, 1.165) is 17.1 Å². The van der Waals surface area contributed by atoms with Crippen LogP contribution in [0.2, 0.25) is 0 Å². The molecule has 2 rings (SSSR count). The number of nitrogens with one attached hydrogen (secondary N) is 1. The molecule has 0 spiro atoms. The van der Waals surface area contributed by atoms with Crippen molar-refractivity contribution < 1.29 is 4.74 Å². The van der Waals surface area contributed by atoms with E-state index in [1.54, 1.807) is 7.11 Å². The second-order valence-electron chi connectivity index (χ2n) is 4.44. The Morgan fingerprint density at radius 1 is 1.25 bits per heavy atom. The van der Waals surface area contributed by atoms with Gasteiger partial charge >= 0.3 is 0 Å². The number of methoxy groups -OCH3 is 1. The van der Waals surface area contributed by atoms with E-state index in [0.29, 0.717) is 6.04 Å². The van der Waals surface area contributed by atoms with Gasteiger partial charge in [-0.05, 0) is 31.0 Å². The van der Waals surface area contributed by atoms with Crippen molar-refractivity contribution in [2.24, 2.45) is 0 Å². The molecule has 3 N–H and O–H groups in total. The summed E-state index contributed by atoms with van der Waals surface area (Å²) in [5, 5.41) is 3.54. The van der Waals surface area contributed by atoms with Crippen molar-refractivity contribution in [1.29, 1.82) is 0 Å². The maximum Gasteiger partial charge on any atom is 0.142 e. The van der Waals surface area contributed by atoms with Crippen LogP contribution in [0.3, 0.4) is 0 Å². The van der Waals surface area contributed by atoms with Gasteiger partial charge in [0.25, 0.3) is 0 Å².